The molecular formula is C12H13Br. The Morgan fingerprint density at radius 3 is 2.85 bits per heavy atom. The summed E-state index contributed by atoms with van der Waals surface area (Å²) in [7, 11) is 0. The Bertz CT molecular complexity index is 375. The number of benzene rings is 1. The van der Waals surface area contributed by atoms with E-state index in [4.69, 9.17) is 0 Å². The maximum Gasteiger partial charge on any atom is 0.0216 e. The van der Waals surface area contributed by atoms with Crippen LogP contribution in [0.15, 0.2) is 28.2 Å². The fraction of sp³-hybridized carbons (Fsp3) is 0.333. The summed E-state index contributed by atoms with van der Waals surface area (Å²) < 4.78 is 1.26. The summed E-state index contributed by atoms with van der Waals surface area (Å²) >= 11 is 3.60. The SMILES string of the molecule is CCC1=C(C)Cc2c(Br)cccc21. The van der Waals surface area contributed by atoms with Crippen molar-refractivity contribution < 1.29 is 0 Å². The highest BCUT2D eigenvalue weighted by atomic mass is 79.9. The van der Waals surface area contributed by atoms with Gasteiger partial charge in [0.1, 0.15) is 0 Å². The minimum Gasteiger partial charge on any atom is -0.0651 e. The van der Waals surface area contributed by atoms with Crippen LogP contribution >= 0.6 is 15.9 Å². The summed E-state index contributed by atoms with van der Waals surface area (Å²) in [4.78, 5) is 0. The molecule has 0 bridgehead atoms. The molecule has 0 amide bonds. The number of rotatable bonds is 1. The maximum atomic E-state index is 3.60. The fourth-order valence-electron chi connectivity index (χ4n) is 2.12. The molecule has 0 saturated heterocycles. The second kappa shape index (κ2) is 3.30. The van der Waals surface area contributed by atoms with E-state index in [0.29, 0.717) is 0 Å². The number of fused-ring (bicyclic) bond motifs is 1. The quantitative estimate of drug-likeness (QED) is 0.687. The molecule has 13 heavy (non-hydrogen) atoms. The van der Waals surface area contributed by atoms with Crippen LogP contribution in [-0.4, -0.2) is 0 Å². The average molecular weight is 237 g/mol. The van der Waals surface area contributed by atoms with Crippen molar-refractivity contribution >= 4 is 21.5 Å². The predicted octanol–water partition coefficient (Wildman–Crippen LogP) is 4.19. The molecule has 0 spiro atoms. The van der Waals surface area contributed by atoms with E-state index in [1.54, 1.807) is 0 Å². The highest BCUT2D eigenvalue weighted by molar-refractivity contribution is 9.10. The molecule has 0 radical (unpaired) electrons. The molecule has 0 saturated carbocycles. The average Bonchev–Trinajstić information content (AvgIpc) is 2.43. The molecule has 0 unspecified atom stereocenters. The molecule has 0 nitrogen and oxygen atoms in total. The van der Waals surface area contributed by atoms with Crippen molar-refractivity contribution in [2.45, 2.75) is 26.7 Å². The highest BCUT2D eigenvalue weighted by Crippen LogP contribution is 2.37. The van der Waals surface area contributed by atoms with Crippen LogP contribution in [0.2, 0.25) is 0 Å². The number of allylic oxidation sites excluding steroid dienone is 2. The number of halogens is 1. The van der Waals surface area contributed by atoms with Gasteiger partial charge in [0.25, 0.3) is 0 Å². The Kier molecular flexibility index (Phi) is 2.29. The van der Waals surface area contributed by atoms with Gasteiger partial charge < -0.3 is 0 Å². The Hall–Kier alpha value is -0.560. The lowest BCUT2D eigenvalue weighted by atomic mass is 10.0. The van der Waals surface area contributed by atoms with Crippen LogP contribution in [0.1, 0.15) is 31.4 Å². The molecule has 0 heterocycles. The van der Waals surface area contributed by atoms with Crippen LogP contribution in [0.5, 0.6) is 0 Å². The van der Waals surface area contributed by atoms with Gasteiger partial charge in [-0.3, -0.25) is 0 Å². The Morgan fingerprint density at radius 2 is 2.15 bits per heavy atom. The third-order valence-electron chi connectivity index (χ3n) is 2.75. The first-order valence-electron chi connectivity index (χ1n) is 4.70. The number of hydrogen-bond donors (Lipinski definition) is 0. The van der Waals surface area contributed by atoms with E-state index in [-0.39, 0.29) is 0 Å². The summed E-state index contributed by atoms with van der Waals surface area (Å²) in [5.74, 6) is 0. The van der Waals surface area contributed by atoms with E-state index < -0.39 is 0 Å². The molecule has 0 aromatic heterocycles. The van der Waals surface area contributed by atoms with E-state index in [1.807, 2.05) is 0 Å². The summed E-state index contributed by atoms with van der Waals surface area (Å²) in [5, 5.41) is 0. The van der Waals surface area contributed by atoms with Gasteiger partial charge in [0, 0.05) is 4.47 Å². The first-order valence-corrected chi connectivity index (χ1v) is 5.49. The zero-order valence-electron chi connectivity index (χ0n) is 8.02. The first-order chi connectivity index (χ1) is 6.24. The van der Waals surface area contributed by atoms with E-state index in [1.165, 1.54) is 26.7 Å². The van der Waals surface area contributed by atoms with Crippen LogP contribution in [0.3, 0.4) is 0 Å². The molecule has 1 aliphatic rings. The second-order valence-electron chi connectivity index (χ2n) is 3.56. The second-order valence-corrected chi connectivity index (χ2v) is 4.41. The molecular weight excluding hydrogens is 224 g/mol. The zero-order chi connectivity index (χ0) is 9.42. The molecule has 1 heteroatoms. The van der Waals surface area contributed by atoms with E-state index in [0.717, 1.165) is 12.8 Å². The highest BCUT2D eigenvalue weighted by Gasteiger charge is 2.18. The molecule has 0 aliphatic heterocycles. The Morgan fingerprint density at radius 1 is 1.38 bits per heavy atom. The standard InChI is InChI=1S/C12H13Br/c1-3-9-8(2)7-11-10(9)5-4-6-12(11)13/h4-6H,3,7H2,1-2H3. The third kappa shape index (κ3) is 1.35. The van der Waals surface area contributed by atoms with Gasteiger partial charge in [0.05, 0.1) is 0 Å². The summed E-state index contributed by atoms with van der Waals surface area (Å²) in [6, 6.07) is 6.48. The smallest absolute Gasteiger partial charge is 0.0216 e. The molecule has 2 rings (SSSR count). The molecule has 0 N–H and O–H groups in total. The van der Waals surface area contributed by atoms with Gasteiger partial charge in [0.15, 0.2) is 0 Å². The van der Waals surface area contributed by atoms with Crippen molar-refractivity contribution in [3.63, 3.8) is 0 Å². The van der Waals surface area contributed by atoms with Gasteiger partial charge in [0.2, 0.25) is 0 Å². The van der Waals surface area contributed by atoms with Gasteiger partial charge in [-0.1, -0.05) is 40.6 Å². The molecule has 68 valence electrons. The van der Waals surface area contributed by atoms with Gasteiger partial charge in [-0.25, -0.2) is 0 Å². The minimum atomic E-state index is 1.12. The molecule has 0 atom stereocenters. The lowest BCUT2D eigenvalue weighted by molar-refractivity contribution is 1.17. The van der Waals surface area contributed by atoms with Crippen LogP contribution in [0, 0.1) is 0 Å². The topological polar surface area (TPSA) is 0 Å². The predicted molar refractivity (Wildman–Crippen MR) is 60.7 cm³/mol. The van der Waals surface area contributed by atoms with E-state index in [2.05, 4.69) is 48.0 Å². The maximum absolute atomic E-state index is 3.60. The van der Waals surface area contributed by atoms with Crippen LogP contribution in [0.25, 0.3) is 5.57 Å². The van der Waals surface area contributed by atoms with E-state index in [9.17, 15) is 0 Å². The van der Waals surface area contributed by atoms with Crippen molar-refractivity contribution in [3.8, 4) is 0 Å². The van der Waals surface area contributed by atoms with Crippen molar-refractivity contribution in [2.24, 2.45) is 0 Å². The van der Waals surface area contributed by atoms with Crippen LogP contribution in [0.4, 0.5) is 0 Å². The monoisotopic (exact) mass is 236 g/mol. The van der Waals surface area contributed by atoms with Gasteiger partial charge >= 0.3 is 0 Å². The van der Waals surface area contributed by atoms with Crippen LogP contribution < -0.4 is 0 Å². The Balaban J connectivity index is 2.58. The van der Waals surface area contributed by atoms with Crippen molar-refractivity contribution in [1.82, 2.24) is 0 Å². The fourth-order valence-corrected chi connectivity index (χ4v) is 2.62. The molecule has 1 aromatic rings. The molecule has 0 fully saturated rings. The van der Waals surface area contributed by atoms with Crippen molar-refractivity contribution in [1.29, 1.82) is 0 Å². The van der Waals surface area contributed by atoms with Gasteiger partial charge in [-0.05, 0) is 42.5 Å². The summed E-state index contributed by atoms with van der Waals surface area (Å²) in [6.45, 7) is 4.47. The van der Waals surface area contributed by atoms with Crippen LogP contribution in [-0.2, 0) is 6.42 Å². The summed E-state index contributed by atoms with van der Waals surface area (Å²) in [5.41, 5.74) is 5.99. The normalized spacial score (nSPS) is 15.0. The third-order valence-corrected chi connectivity index (χ3v) is 3.50. The summed E-state index contributed by atoms with van der Waals surface area (Å²) in [6.07, 6.45) is 2.27. The van der Waals surface area contributed by atoms with Crippen molar-refractivity contribution in [3.05, 3.63) is 39.4 Å². The lowest BCUT2D eigenvalue weighted by Gasteiger charge is -2.04. The lowest BCUT2D eigenvalue weighted by Crippen LogP contribution is -1.84. The molecule has 1 aliphatic carbocycles. The van der Waals surface area contributed by atoms with Gasteiger partial charge in [-0.2, -0.15) is 0 Å². The molecule has 1 aromatic carbocycles. The number of hydrogen-bond acceptors (Lipinski definition) is 0. The van der Waals surface area contributed by atoms with Crippen molar-refractivity contribution in [2.75, 3.05) is 0 Å². The minimum absolute atomic E-state index is 1.12. The van der Waals surface area contributed by atoms with E-state index >= 15 is 0 Å². The first kappa shape index (κ1) is 9.01. The zero-order valence-corrected chi connectivity index (χ0v) is 9.61. The largest absolute Gasteiger partial charge is 0.0651 e. The van der Waals surface area contributed by atoms with Gasteiger partial charge in [-0.15, -0.1) is 0 Å². The Labute approximate surface area is 87.8 Å².